The molecule has 0 aliphatic carbocycles. The van der Waals surface area contributed by atoms with Gasteiger partial charge in [-0.2, -0.15) is 5.10 Å². The zero-order chi connectivity index (χ0) is 8.39. The fourth-order valence-corrected chi connectivity index (χ4v) is 1.39. The molecule has 0 radical (unpaired) electrons. The van der Waals surface area contributed by atoms with Crippen LogP contribution in [0.5, 0.6) is 0 Å². The number of hydrogen-bond acceptors (Lipinski definition) is 2. The highest BCUT2D eigenvalue weighted by molar-refractivity contribution is 5.43. The molecule has 1 aromatic rings. The fourth-order valence-electron chi connectivity index (χ4n) is 1.39. The zero-order valence-corrected chi connectivity index (χ0v) is 6.94. The number of hydrogen-bond donors (Lipinski definition) is 0. The maximum absolute atomic E-state index is 5.27. The lowest BCUT2D eigenvalue weighted by atomic mass is 10.3. The molecule has 0 bridgehead atoms. The molecule has 2 heterocycles. The molecule has 2 rings (SSSR count). The van der Waals surface area contributed by atoms with Crippen molar-refractivity contribution in [1.29, 1.82) is 0 Å². The molecule has 0 spiro atoms. The molecule has 0 aromatic carbocycles. The van der Waals surface area contributed by atoms with Gasteiger partial charge in [-0.15, -0.1) is 0 Å². The van der Waals surface area contributed by atoms with E-state index in [1.807, 2.05) is 17.1 Å². The first-order chi connectivity index (χ1) is 5.90. The molecule has 1 aliphatic heterocycles. The van der Waals surface area contributed by atoms with E-state index in [0.717, 1.165) is 25.2 Å². The van der Waals surface area contributed by atoms with E-state index in [1.165, 1.54) is 0 Å². The lowest BCUT2D eigenvalue weighted by molar-refractivity contribution is 0.184. The third-order valence-electron chi connectivity index (χ3n) is 2.14. The van der Waals surface area contributed by atoms with E-state index < -0.39 is 0 Å². The zero-order valence-electron chi connectivity index (χ0n) is 6.94. The van der Waals surface area contributed by atoms with Crippen LogP contribution >= 0.6 is 0 Å². The van der Waals surface area contributed by atoms with Crippen molar-refractivity contribution in [2.75, 3.05) is 13.2 Å². The predicted octanol–water partition coefficient (Wildman–Crippen LogP) is 1.49. The van der Waals surface area contributed by atoms with Crippen LogP contribution in [-0.2, 0) is 4.74 Å². The first-order valence-corrected chi connectivity index (χ1v) is 4.14. The Morgan fingerprint density at radius 3 is 3.25 bits per heavy atom. The van der Waals surface area contributed by atoms with Crippen molar-refractivity contribution in [3.63, 3.8) is 0 Å². The standard InChI is InChI=1S/C9H12N2O/c1-2-8-5-10-11(6-8)9-3-4-12-7-9/h2,5-6,9H,1,3-4,7H2/t9-/m0/s1. The Morgan fingerprint density at radius 2 is 2.67 bits per heavy atom. The van der Waals surface area contributed by atoms with Gasteiger partial charge in [-0.05, 0) is 6.42 Å². The maximum atomic E-state index is 5.27. The Morgan fingerprint density at radius 1 is 1.75 bits per heavy atom. The van der Waals surface area contributed by atoms with Crippen LogP contribution in [0, 0.1) is 0 Å². The molecule has 0 amide bonds. The smallest absolute Gasteiger partial charge is 0.0774 e. The molecule has 1 saturated heterocycles. The van der Waals surface area contributed by atoms with Gasteiger partial charge >= 0.3 is 0 Å². The van der Waals surface area contributed by atoms with E-state index in [9.17, 15) is 0 Å². The highest BCUT2D eigenvalue weighted by Crippen LogP contribution is 2.18. The van der Waals surface area contributed by atoms with Gasteiger partial charge in [-0.3, -0.25) is 4.68 Å². The van der Waals surface area contributed by atoms with Crippen LogP contribution in [0.25, 0.3) is 6.08 Å². The molecule has 0 unspecified atom stereocenters. The van der Waals surface area contributed by atoms with E-state index in [-0.39, 0.29) is 0 Å². The molecule has 0 saturated carbocycles. The Kier molecular flexibility index (Phi) is 1.96. The van der Waals surface area contributed by atoms with Crippen LogP contribution in [0.15, 0.2) is 19.0 Å². The first-order valence-electron chi connectivity index (χ1n) is 4.14. The molecule has 1 aromatic heterocycles. The van der Waals surface area contributed by atoms with Crippen LogP contribution in [0.2, 0.25) is 0 Å². The van der Waals surface area contributed by atoms with Gasteiger partial charge in [0, 0.05) is 18.4 Å². The summed E-state index contributed by atoms with van der Waals surface area (Å²) in [6, 6.07) is 0.429. The van der Waals surface area contributed by atoms with Crippen LogP contribution in [0.4, 0.5) is 0 Å². The summed E-state index contributed by atoms with van der Waals surface area (Å²) in [4.78, 5) is 0. The van der Waals surface area contributed by atoms with E-state index in [4.69, 9.17) is 4.74 Å². The van der Waals surface area contributed by atoms with Crippen molar-refractivity contribution in [3.8, 4) is 0 Å². The summed E-state index contributed by atoms with van der Waals surface area (Å²) < 4.78 is 7.23. The van der Waals surface area contributed by atoms with Crippen molar-refractivity contribution in [1.82, 2.24) is 9.78 Å². The van der Waals surface area contributed by atoms with Crippen molar-refractivity contribution < 1.29 is 4.74 Å². The summed E-state index contributed by atoms with van der Waals surface area (Å²) in [5.74, 6) is 0. The second-order valence-electron chi connectivity index (χ2n) is 2.98. The van der Waals surface area contributed by atoms with Gasteiger partial charge in [0.1, 0.15) is 0 Å². The average Bonchev–Trinajstić information content (AvgIpc) is 2.75. The molecule has 1 atom stereocenters. The highest BCUT2D eigenvalue weighted by Gasteiger charge is 2.17. The maximum Gasteiger partial charge on any atom is 0.0774 e. The van der Waals surface area contributed by atoms with Crippen LogP contribution in [0.3, 0.4) is 0 Å². The Bertz CT molecular complexity index is 274. The van der Waals surface area contributed by atoms with Crippen molar-refractivity contribution >= 4 is 6.08 Å². The number of nitrogens with zero attached hydrogens (tertiary/aromatic N) is 2. The SMILES string of the molecule is C=Cc1cnn([C@H]2CCOC2)c1. The molecule has 12 heavy (non-hydrogen) atoms. The number of ether oxygens (including phenoxy) is 1. The Labute approximate surface area is 71.6 Å². The largest absolute Gasteiger partial charge is 0.379 e. The van der Waals surface area contributed by atoms with E-state index in [0.29, 0.717) is 6.04 Å². The summed E-state index contributed by atoms with van der Waals surface area (Å²) in [5, 5.41) is 4.23. The van der Waals surface area contributed by atoms with E-state index >= 15 is 0 Å². The third kappa shape index (κ3) is 1.28. The first kappa shape index (κ1) is 7.55. The summed E-state index contributed by atoms with van der Waals surface area (Å²) in [6.07, 6.45) is 6.70. The van der Waals surface area contributed by atoms with Crippen molar-refractivity contribution in [2.24, 2.45) is 0 Å². The third-order valence-corrected chi connectivity index (χ3v) is 2.14. The molecule has 64 valence electrons. The van der Waals surface area contributed by atoms with Crippen LogP contribution in [0.1, 0.15) is 18.0 Å². The summed E-state index contributed by atoms with van der Waals surface area (Å²) in [7, 11) is 0. The lowest BCUT2D eigenvalue weighted by Gasteiger charge is -2.06. The fraction of sp³-hybridized carbons (Fsp3) is 0.444. The number of aromatic nitrogens is 2. The minimum atomic E-state index is 0.429. The molecule has 3 nitrogen and oxygen atoms in total. The lowest BCUT2D eigenvalue weighted by Crippen LogP contribution is -2.08. The quantitative estimate of drug-likeness (QED) is 0.662. The Balaban J connectivity index is 2.16. The molecule has 3 heteroatoms. The molecule has 1 aliphatic rings. The van der Waals surface area contributed by atoms with Crippen molar-refractivity contribution in [2.45, 2.75) is 12.5 Å². The monoisotopic (exact) mass is 164 g/mol. The minimum absolute atomic E-state index is 0.429. The highest BCUT2D eigenvalue weighted by atomic mass is 16.5. The van der Waals surface area contributed by atoms with Gasteiger partial charge in [0.2, 0.25) is 0 Å². The normalized spacial score (nSPS) is 22.8. The molecule has 1 fully saturated rings. The molecular formula is C9H12N2O. The van der Waals surface area contributed by atoms with Gasteiger partial charge in [0.25, 0.3) is 0 Å². The molecular weight excluding hydrogens is 152 g/mol. The predicted molar refractivity (Wildman–Crippen MR) is 46.8 cm³/mol. The van der Waals surface area contributed by atoms with E-state index in [1.54, 1.807) is 6.08 Å². The van der Waals surface area contributed by atoms with Gasteiger partial charge in [-0.25, -0.2) is 0 Å². The summed E-state index contributed by atoms with van der Waals surface area (Å²) in [6.45, 7) is 5.33. The van der Waals surface area contributed by atoms with E-state index in [2.05, 4.69) is 11.7 Å². The minimum Gasteiger partial charge on any atom is -0.379 e. The molecule has 0 N–H and O–H groups in total. The van der Waals surface area contributed by atoms with Gasteiger partial charge in [0.15, 0.2) is 0 Å². The topological polar surface area (TPSA) is 27.1 Å². The van der Waals surface area contributed by atoms with Crippen LogP contribution in [-0.4, -0.2) is 23.0 Å². The van der Waals surface area contributed by atoms with Gasteiger partial charge in [-0.1, -0.05) is 12.7 Å². The summed E-state index contributed by atoms with van der Waals surface area (Å²) >= 11 is 0. The average molecular weight is 164 g/mol. The van der Waals surface area contributed by atoms with Crippen LogP contribution < -0.4 is 0 Å². The van der Waals surface area contributed by atoms with Gasteiger partial charge < -0.3 is 4.74 Å². The Hall–Kier alpha value is -1.09. The number of rotatable bonds is 2. The summed E-state index contributed by atoms with van der Waals surface area (Å²) in [5.41, 5.74) is 1.07. The van der Waals surface area contributed by atoms with Crippen molar-refractivity contribution in [3.05, 3.63) is 24.5 Å². The second kappa shape index (κ2) is 3.11. The van der Waals surface area contributed by atoms with Gasteiger partial charge in [0.05, 0.1) is 18.8 Å². The second-order valence-corrected chi connectivity index (χ2v) is 2.98.